The molecule has 24 heavy (non-hydrogen) atoms. The molecule has 3 aromatic rings. The molecule has 3 heterocycles. The van der Waals surface area contributed by atoms with E-state index in [9.17, 15) is 0 Å². The third-order valence-electron chi connectivity index (χ3n) is 4.70. The van der Waals surface area contributed by atoms with Crippen molar-refractivity contribution in [2.75, 3.05) is 18.0 Å². The molecule has 4 rings (SSSR count). The summed E-state index contributed by atoms with van der Waals surface area (Å²) in [7, 11) is 0. The van der Waals surface area contributed by atoms with Crippen LogP contribution in [0.5, 0.6) is 0 Å². The number of fused-ring (bicyclic) bond motifs is 1. The van der Waals surface area contributed by atoms with Crippen molar-refractivity contribution in [3.63, 3.8) is 0 Å². The van der Waals surface area contributed by atoms with Crippen molar-refractivity contribution in [2.24, 2.45) is 0 Å². The zero-order valence-electron chi connectivity index (χ0n) is 14.4. The van der Waals surface area contributed by atoms with Gasteiger partial charge in [-0.1, -0.05) is 18.9 Å². The molecule has 1 aliphatic rings. The molecule has 1 aromatic carbocycles. The number of benzene rings is 1. The van der Waals surface area contributed by atoms with Gasteiger partial charge in [0, 0.05) is 13.1 Å². The second-order valence-electron chi connectivity index (χ2n) is 6.74. The van der Waals surface area contributed by atoms with E-state index >= 15 is 0 Å². The summed E-state index contributed by atoms with van der Waals surface area (Å²) in [6, 6.07) is 6.47. The van der Waals surface area contributed by atoms with Gasteiger partial charge in [0.25, 0.3) is 0 Å². The fourth-order valence-electron chi connectivity index (χ4n) is 3.63. The first-order valence-electron chi connectivity index (χ1n) is 8.75. The summed E-state index contributed by atoms with van der Waals surface area (Å²) in [6.07, 6.45) is 8.67. The summed E-state index contributed by atoms with van der Waals surface area (Å²) in [5.74, 6) is 1.03. The quantitative estimate of drug-likeness (QED) is 0.720. The van der Waals surface area contributed by atoms with Crippen LogP contribution >= 0.6 is 0 Å². The molecular weight excluding hydrogens is 298 g/mol. The van der Waals surface area contributed by atoms with Gasteiger partial charge in [-0.25, -0.2) is 14.6 Å². The van der Waals surface area contributed by atoms with Gasteiger partial charge in [-0.2, -0.15) is 5.10 Å². The van der Waals surface area contributed by atoms with Gasteiger partial charge in [0.1, 0.15) is 12.1 Å². The summed E-state index contributed by atoms with van der Waals surface area (Å²) >= 11 is 0. The zero-order valence-corrected chi connectivity index (χ0v) is 14.4. The monoisotopic (exact) mass is 321 g/mol. The highest BCUT2D eigenvalue weighted by atomic mass is 15.3. The van der Waals surface area contributed by atoms with E-state index in [0.29, 0.717) is 0 Å². The molecule has 0 spiro atoms. The molecule has 1 saturated heterocycles. The van der Waals surface area contributed by atoms with Crippen molar-refractivity contribution in [1.82, 2.24) is 19.7 Å². The van der Waals surface area contributed by atoms with E-state index in [1.165, 1.54) is 36.8 Å². The van der Waals surface area contributed by atoms with Crippen LogP contribution in [0.25, 0.3) is 16.7 Å². The highest BCUT2D eigenvalue weighted by Crippen LogP contribution is 2.27. The first-order chi connectivity index (χ1) is 11.7. The minimum atomic E-state index is 0.884. The molecule has 0 radical (unpaired) electrons. The van der Waals surface area contributed by atoms with Crippen molar-refractivity contribution in [3.8, 4) is 5.69 Å². The topological polar surface area (TPSA) is 46.8 Å². The summed E-state index contributed by atoms with van der Waals surface area (Å²) in [5, 5.41) is 5.65. The third kappa shape index (κ3) is 2.75. The molecule has 0 atom stereocenters. The molecule has 0 saturated carbocycles. The van der Waals surface area contributed by atoms with Gasteiger partial charge in [0.05, 0.1) is 17.3 Å². The minimum Gasteiger partial charge on any atom is -0.356 e. The molecular formula is C19H23N5. The molecule has 0 amide bonds. The Balaban J connectivity index is 1.81. The second-order valence-corrected chi connectivity index (χ2v) is 6.74. The highest BCUT2D eigenvalue weighted by Gasteiger charge is 2.17. The Bertz CT molecular complexity index is 839. The highest BCUT2D eigenvalue weighted by molar-refractivity contribution is 5.87. The fourth-order valence-corrected chi connectivity index (χ4v) is 3.63. The number of aromatic nitrogens is 4. The van der Waals surface area contributed by atoms with Crippen LogP contribution in [0.15, 0.2) is 30.7 Å². The average Bonchev–Trinajstić information content (AvgIpc) is 2.81. The molecule has 1 aliphatic heterocycles. The van der Waals surface area contributed by atoms with E-state index < -0.39 is 0 Å². The standard InChI is InChI=1S/C19H23N5/c1-14-9-15(2)11-16(10-14)24-19-17(12-22-24)18(20-13-21-19)23-7-5-3-4-6-8-23/h9-13H,3-8H2,1-2H3. The number of hydrogen-bond donors (Lipinski definition) is 0. The Morgan fingerprint density at radius 2 is 1.58 bits per heavy atom. The predicted molar refractivity (Wildman–Crippen MR) is 96.8 cm³/mol. The molecule has 0 N–H and O–H groups in total. The Morgan fingerprint density at radius 1 is 0.875 bits per heavy atom. The van der Waals surface area contributed by atoms with Gasteiger partial charge in [-0.15, -0.1) is 0 Å². The molecule has 0 unspecified atom stereocenters. The van der Waals surface area contributed by atoms with E-state index in [1.807, 2.05) is 10.9 Å². The van der Waals surface area contributed by atoms with Crippen LogP contribution in [0.2, 0.25) is 0 Å². The maximum Gasteiger partial charge on any atom is 0.168 e. The Hall–Kier alpha value is -2.43. The van der Waals surface area contributed by atoms with Gasteiger partial charge in [0.15, 0.2) is 5.65 Å². The van der Waals surface area contributed by atoms with Crippen molar-refractivity contribution in [3.05, 3.63) is 41.9 Å². The SMILES string of the molecule is Cc1cc(C)cc(-n2ncc3c(N4CCCCCC4)ncnc32)c1. The third-order valence-corrected chi connectivity index (χ3v) is 4.70. The first-order valence-corrected chi connectivity index (χ1v) is 8.75. The van der Waals surface area contributed by atoms with Crippen LogP contribution in [-0.2, 0) is 0 Å². The molecule has 124 valence electrons. The summed E-state index contributed by atoms with van der Waals surface area (Å²) in [5.41, 5.74) is 4.41. The lowest BCUT2D eigenvalue weighted by Gasteiger charge is -2.21. The van der Waals surface area contributed by atoms with Gasteiger partial charge in [-0.05, 0) is 49.9 Å². The van der Waals surface area contributed by atoms with E-state index in [4.69, 9.17) is 0 Å². The lowest BCUT2D eigenvalue weighted by Crippen LogP contribution is -2.25. The Morgan fingerprint density at radius 3 is 2.29 bits per heavy atom. The summed E-state index contributed by atoms with van der Waals surface area (Å²) in [4.78, 5) is 11.5. The van der Waals surface area contributed by atoms with Crippen LogP contribution in [-0.4, -0.2) is 32.8 Å². The molecule has 2 aromatic heterocycles. The number of aryl methyl sites for hydroxylation is 2. The van der Waals surface area contributed by atoms with Crippen molar-refractivity contribution < 1.29 is 0 Å². The Labute approximate surface area is 142 Å². The molecule has 0 bridgehead atoms. The van der Waals surface area contributed by atoms with Crippen LogP contribution in [0, 0.1) is 13.8 Å². The lowest BCUT2D eigenvalue weighted by molar-refractivity contribution is 0.726. The first kappa shape index (κ1) is 15.1. The van der Waals surface area contributed by atoms with Crippen LogP contribution in [0.3, 0.4) is 0 Å². The lowest BCUT2D eigenvalue weighted by atomic mass is 10.1. The smallest absolute Gasteiger partial charge is 0.168 e. The molecule has 1 fully saturated rings. The van der Waals surface area contributed by atoms with Gasteiger partial charge in [0.2, 0.25) is 0 Å². The Kier molecular flexibility index (Phi) is 3.92. The van der Waals surface area contributed by atoms with Crippen molar-refractivity contribution >= 4 is 16.9 Å². The molecule has 5 nitrogen and oxygen atoms in total. The maximum absolute atomic E-state index is 4.61. The number of nitrogens with zero attached hydrogens (tertiary/aromatic N) is 5. The number of anilines is 1. The predicted octanol–water partition coefficient (Wildman–Crippen LogP) is 3.81. The maximum atomic E-state index is 4.61. The zero-order chi connectivity index (χ0) is 16.5. The second kappa shape index (κ2) is 6.23. The number of hydrogen-bond acceptors (Lipinski definition) is 4. The fraction of sp³-hybridized carbons (Fsp3) is 0.421. The molecule has 5 heteroatoms. The molecule has 0 aliphatic carbocycles. The normalized spacial score (nSPS) is 15.7. The van der Waals surface area contributed by atoms with Crippen LogP contribution in [0.1, 0.15) is 36.8 Å². The van der Waals surface area contributed by atoms with Crippen molar-refractivity contribution in [1.29, 1.82) is 0 Å². The summed E-state index contributed by atoms with van der Waals surface area (Å²) in [6.45, 7) is 6.36. The van der Waals surface area contributed by atoms with Gasteiger partial charge < -0.3 is 4.90 Å². The van der Waals surface area contributed by atoms with Gasteiger partial charge >= 0.3 is 0 Å². The van der Waals surface area contributed by atoms with Gasteiger partial charge in [-0.3, -0.25) is 0 Å². The van der Waals surface area contributed by atoms with E-state index in [-0.39, 0.29) is 0 Å². The average molecular weight is 321 g/mol. The number of rotatable bonds is 2. The minimum absolute atomic E-state index is 0.884. The van der Waals surface area contributed by atoms with Crippen molar-refractivity contribution in [2.45, 2.75) is 39.5 Å². The van der Waals surface area contributed by atoms with E-state index in [2.05, 4.69) is 52.0 Å². The largest absolute Gasteiger partial charge is 0.356 e. The van der Waals surface area contributed by atoms with E-state index in [1.54, 1.807) is 6.33 Å². The van der Waals surface area contributed by atoms with Crippen LogP contribution in [0.4, 0.5) is 5.82 Å². The van der Waals surface area contributed by atoms with Crippen LogP contribution < -0.4 is 4.90 Å². The van der Waals surface area contributed by atoms with E-state index in [0.717, 1.165) is 35.6 Å². The summed E-state index contributed by atoms with van der Waals surface area (Å²) < 4.78 is 1.93.